The minimum absolute atomic E-state index is 1.23. The molecular formula is C50H30. The Bertz CT molecular complexity index is 3130. The lowest BCUT2D eigenvalue weighted by Crippen LogP contribution is -1.94. The zero-order valence-electron chi connectivity index (χ0n) is 27.3. The monoisotopic (exact) mass is 630 g/mol. The SMILES string of the molecule is c1ccc(-c2ccccc2-c2ccc3c4c2cc2ccccc2c4c2cccc4c(-c5ccc6ccccc6c5)c5ccccc5c3c42)cc1. The van der Waals surface area contributed by atoms with Crippen LogP contribution in [-0.4, -0.2) is 0 Å². The van der Waals surface area contributed by atoms with Crippen molar-refractivity contribution in [2.75, 3.05) is 0 Å². The molecule has 0 bridgehead atoms. The summed E-state index contributed by atoms with van der Waals surface area (Å²) >= 11 is 0. The van der Waals surface area contributed by atoms with Crippen molar-refractivity contribution >= 4 is 75.4 Å². The van der Waals surface area contributed by atoms with E-state index in [2.05, 4.69) is 182 Å². The van der Waals surface area contributed by atoms with Crippen LogP contribution in [0.15, 0.2) is 182 Å². The first-order valence-electron chi connectivity index (χ1n) is 17.4. The average molecular weight is 631 g/mol. The van der Waals surface area contributed by atoms with Gasteiger partial charge in [-0.1, -0.05) is 170 Å². The van der Waals surface area contributed by atoms with Crippen LogP contribution in [0.25, 0.3) is 109 Å². The summed E-state index contributed by atoms with van der Waals surface area (Å²) in [6.07, 6.45) is 0. The van der Waals surface area contributed by atoms with E-state index in [0.29, 0.717) is 0 Å². The molecular weight excluding hydrogens is 601 g/mol. The van der Waals surface area contributed by atoms with Gasteiger partial charge >= 0.3 is 0 Å². The Morgan fingerprint density at radius 1 is 0.220 bits per heavy atom. The predicted molar refractivity (Wildman–Crippen MR) is 216 cm³/mol. The second-order valence-corrected chi connectivity index (χ2v) is 13.6. The Hall–Kier alpha value is -6.50. The molecule has 230 valence electrons. The number of benzene rings is 11. The van der Waals surface area contributed by atoms with E-state index < -0.39 is 0 Å². The molecule has 11 aromatic carbocycles. The molecule has 0 nitrogen and oxygen atoms in total. The normalized spacial score (nSPS) is 12.0. The van der Waals surface area contributed by atoms with E-state index in [1.807, 2.05) is 0 Å². The first-order chi connectivity index (χ1) is 24.8. The number of hydrogen-bond acceptors (Lipinski definition) is 0. The van der Waals surface area contributed by atoms with E-state index in [4.69, 9.17) is 0 Å². The predicted octanol–water partition coefficient (Wildman–Crippen LogP) is 14.2. The number of hydrogen-bond donors (Lipinski definition) is 0. The molecule has 11 rings (SSSR count). The molecule has 0 aromatic heterocycles. The maximum atomic E-state index is 2.44. The molecule has 0 N–H and O–H groups in total. The van der Waals surface area contributed by atoms with E-state index in [-0.39, 0.29) is 0 Å². The molecule has 0 heteroatoms. The third kappa shape index (κ3) is 3.82. The summed E-state index contributed by atoms with van der Waals surface area (Å²) in [5, 5.41) is 18.3. The van der Waals surface area contributed by atoms with E-state index in [1.165, 1.54) is 109 Å². The highest BCUT2D eigenvalue weighted by atomic mass is 14.3. The Labute approximate surface area is 289 Å². The second-order valence-electron chi connectivity index (χ2n) is 13.6. The van der Waals surface area contributed by atoms with Crippen molar-refractivity contribution in [2.45, 2.75) is 0 Å². The van der Waals surface area contributed by atoms with E-state index in [9.17, 15) is 0 Å². The van der Waals surface area contributed by atoms with Crippen molar-refractivity contribution in [3.05, 3.63) is 182 Å². The van der Waals surface area contributed by atoms with E-state index in [1.54, 1.807) is 0 Å². The van der Waals surface area contributed by atoms with Crippen LogP contribution in [0.1, 0.15) is 0 Å². The van der Waals surface area contributed by atoms with Gasteiger partial charge in [0.05, 0.1) is 0 Å². The lowest BCUT2D eigenvalue weighted by atomic mass is 9.80. The highest BCUT2D eigenvalue weighted by Gasteiger charge is 2.23. The molecule has 0 aliphatic carbocycles. The molecule has 0 radical (unpaired) electrons. The molecule has 0 spiro atoms. The van der Waals surface area contributed by atoms with Crippen LogP contribution in [0.3, 0.4) is 0 Å². The summed E-state index contributed by atoms with van der Waals surface area (Å²) in [4.78, 5) is 0. The molecule has 0 heterocycles. The van der Waals surface area contributed by atoms with Gasteiger partial charge in [-0.2, -0.15) is 0 Å². The fourth-order valence-electron chi connectivity index (χ4n) is 8.86. The molecule has 11 aromatic rings. The lowest BCUT2D eigenvalue weighted by Gasteiger charge is -2.22. The quantitative estimate of drug-likeness (QED) is 0.135. The fourth-order valence-corrected chi connectivity index (χ4v) is 8.86. The zero-order chi connectivity index (χ0) is 32.8. The van der Waals surface area contributed by atoms with Crippen LogP contribution in [0.5, 0.6) is 0 Å². The molecule has 0 amide bonds. The molecule has 0 aliphatic rings. The highest BCUT2D eigenvalue weighted by Crippen LogP contribution is 2.51. The van der Waals surface area contributed by atoms with Crippen LogP contribution in [0, 0.1) is 0 Å². The summed E-state index contributed by atoms with van der Waals surface area (Å²) in [6, 6.07) is 67.5. The maximum Gasteiger partial charge on any atom is -0.00134 e. The molecule has 0 saturated heterocycles. The Kier molecular flexibility index (Phi) is 5.76. The van der Waals surface area contributed by atoms with Crippen LogP contribution in [-0.2, 0) is 0 Å². The second kappa shape index (κ2) is 10.5. The van der Waals surface area contributed by atoms with Crippen molar-refractivity contribution in [2.24, 2.45) is 0 Å². The first-order valence-corrected chi connectivity index (χ1v) is 17.4. The van der Waals surface area contributed by atoms with Gasteiger partial charge in [0.15, 0.2) is 0 Å². The van der Waals surface area contributed by atoms with Gasteiger partial charge < -0.3 is 0 Å². The van der Waals surface area contributed by atoms with Gasteiger partial charge in [-0.05, 0) is 121 Å². The number of rotatable bonds is 3. The third-order valence-corrected chi connectivity index (χ3v) is 11.0. The highest BCUT2D eigenvalue weighted by molar-refractivity contribution is 6.44. The summed E-state index contributed by atoms with van der Waals surface area (Å²) < 4.78 is 0. The summed E-state index contributed by atoms with van der Waals surface area (Å²) in [5.41, 5.74) is 7.57. The first kappa shape index (κ1) is 27.5. The number of fused-ring (bicyclic) bond motifs is 7. The maximum absolute atomic E-state index is 2.44. The standard InChI is InChI=1S/C50H30/c1-2-14-32(15-3-1)36-18-8-9-20-38(36)39-27-28-44-48-41-22-11-10-21-40(41)46(35-26-25-31-13-4-5-16-33(31)29-35)42-23-12-24-43(49(42)48)47-37-19-7-6-17-34(37)30-45(39)50(44)47/h1-30H. The Morgan fingerprint density at radius 2 is 0.800 bits per heavy atom. The van der Waals surface area contributed by atoms with Crippen molar-refractivity contribution in [3.8, 4) is 33.4 Å². The average Bonchev–Trinajstić information content (AvgIpc) is 3.19. The van der Waals surface area contributed by atoms with Crippen LogP contribution in [0.2, 0.25) is 0 Å². The lowest BCUT2D eigenvalue weighted by molar-refractivity contribution is 1.60. The van der Waals surface area contributed by atoms with Gasteiger partial charge in [0.25, 0.3) is 0 Å². The molecule has 0 unspecified atom stereocenters. The summed E-state index contributed by atoms with van der Waals surface area (Å²) in [5.74, 6) is 0. The Balaban J connectivity index is 1.35. The van der Waals surface area contributed by atoms with E-state index >= 15 is 0 Å². The van der Waals surface area contributed by atoms with Gasteiger partial charge in [-0.15, -0.1) is 0 Å². The summed E-state index contributed by atoms with van der Waals surface area (Å²) in [6.45, 7) is 0. The van der Waals surface area contributed by atoms with Crippen LogP contribution in [0.4, 0.5) is 0 Å². The van der Waals surface area contributed by atoms with Crippen molar-refractivity contribution in [3.63, 3.8) is 0 Å². The fraction of sp³-hybridized carbons (Fsp3) is 0. The van der Waals surface area contributed by atoms with Gasteiger partial charge in [0, 0.05) is 0 Å². The zero-order valence-corrected chi connectivity index (χ0v) is 27.3. The topological polar surface area (TPSA) is 0 Å². The van der Waals surface area contributed by atoms with Crippen molar-refractivity contribution in [1.29, 1.82) is 0 Å². The van der Waals surface area contributed by atoms with Crippen molar-refractivity contribution < 1.29 is 0 Å². The van der Waals surface area contributed by atoms with Gasteiger partial charge in [-0.3, -0.25) is 0 Å². The molecule has 0 aliphatic heterocycles. The molecule has 0 saturated carbocycles. The smallest absolute Gasteiger partial charge is 0.00134 e. The van der Waals surface area contributed by atoms with Crippen LogP contribution >= 0.6 is 0 Å². The third-order valence-electron chi connectivity index (χ3n) is 11.0. The van der Waals surface area contributed by atoms with Crippen LogP contribution < -0.4 is 0 Å². The van der Waals surface area contributed by atoms with Gasteiger partial charge in [-0.25, -0.2) is 0 Å². The van der Waals surface area contributed by atoms with Gasteiger partial charge in [0.2, 0.25) is 0 Å². The van der Waals surface area contributed by atoms with Crippen molar-refractivity contribution in [1.82, 2.24) is 0 Å². The minimum atomic E-state index is 1.23. The van der Waals surface area contributed by atoms with Gasteiger partial charge in [0.1, 0.15) is 0 Å². The molecule has 50 heavy (non-hydrogen) atoms. The molecule has 0 fully saturated rings. The van der Waals surface area contributed by atoms with E-state index in [0.717, 1.165) is 0 Å². The molecule has 0 atom stereocenters. The largest absolute Gasteiger partial charge is 0.0622 e. The summed E-state index contributed by atoms with van der Waals surface area (Å²) in [7, 11) is 0. The Morgan fingerprint density at radius 3 is 1.66 bits per heavy atom. The minimum Gasteiger partial charge on any atom is -0.0622 e.